The van der Waals surface area contributed by atoms with Crippen molar-refractivity contribution in [3.05, 3.63) is 42.0 Å². The Kier molecular flexibility index (Phi) is 8.93. The van der Waals surface area contributed by atoms with Crippen LogP contribution in [-0.2, 0) is 15.8 Å². The number of rotatable bonds is 11. The van der Waals surface area contributed by atoms with E-state index in [2.05, 4.69) is 41.2 Å². The van der Waals surface area contributed by atoms with Crippen LogP contribution < -0.4 is 14.8 Å². The van der Waals surface area contributed by atoms with Crippen LogP contribution in [0.3, 0.4) is 0 Å². The van der Waals surface area contributed by atoms with Crippen LogP contribution in [0.25, 0.3) is 10.8 Å². The number of hydrogen-bond acceptors (Lipinski definition) is 3. The van der Waals surface area contributed by atoms with Gasteiger partial charge in [0.1, 0.15) is 12.4 Å². The minimum absolute atomic E-state index is 0.0676. The Morgan fingerprint density at radius 3 is 2.54 bits per heavy atom. The normalized spacial score (nSPS) is 13.5. The first-order valence-electron chi connectivity index (χ1n) is 9.98. The van der Waals surface area contributed by atoms with Gasteiger partial charge in [0.25, 0.3) is 0 Å². The van der Waals surface area contributed by atoms with Gasteiger partial charge in [0.15, 0.2) is 0 Å². The lowest BCUT2D eigenvalue weighted by Crippen LogP contribution is -2.27. The molecular weight excluding hydrogens is 372 g/mol. The Bertz CT molecular complexity index is 807. The summed E-state index contributed by atoms with van der Waals surface area (Å²) in [6.07, 6.45) is 1.41. The van der Waals surface area contributed by atoms with Gasteiger partial charge >= 0.3 is 0 Å². The van der Waals surface area contributed by atoms with Crippen molar-refractivity contribution in [3.63, 3.8) is 0 Å². The molecular formula is C22H32N2O3S. The van der Waals surface area contributed by atoms with E-state index >= 15 is 0 Å². The van der Waals surface area contributed by atoms with Crippen molar-refractivity contribution in [2.75, 3.05) is 19.7 Å². The van der Waals surface area contributed by atoms with Gasteiger partial charge in [0, 0.05) is 18.2 Å². The number of carbonyl (C=O) groups excluding carboxylic acids is 1. The maximum absolute atomic E-state index is 11.9. The fourth-order valence-corrected chi connectivity index (χ4v) is 3.55. The summed E-state index contributed by atoms with van der Waals surface area (Å²) >= 11 is 0. The quantitative estimate of drug-likeness (QED) is 0.558. The standard InChI is InChI=1S/C22H32N2O3S/c1-5-6-22(25)23-11-12-27-21-10-9-19-13-18(7-8-20(19)14-21)17(4)15-24-28(26)16(2)3/h7-10,13-14,16-17,24H,5-6,11-12,15H2,1-4H3,(H,23,25). The smallest absolute Gasteiger partial charge is 0.220 e. The summed E-state index contributed by atoms with van der Waals surface area (Å²) in [7, 11) is -0.998. The molecule has 0 heterocycles. The van der Waals surface area contributed by atoms with Crippen molar-refractivity contribution >= 4 is 27.7 Å². The van der Waals surface area contributed by atoms with Crippen LogP contribution in [0.4, 0.5) is 0 Å². The van der Waals surface area contributed by atoms with Crippen molar-refractivity contribution in [2.24, 2.45) is 0 Å². The van der Waals surface area contributed by atoms with Gasteiger partial charge in [0.2, 0.25) is 5.91 Å². The second-order valence-corrected chi connectivity index (χ2v) is 9.14. The average Bonchev–Trinajstić information content (AvgIpc) is 2.68. The van der Waals surface area contributed by atoms with Gasteiger partial charge in [-0.25, -0.2) is 8.93 Å². The molecule has 2 unspecified atom stereocenters. The molecule has 0 aliphatic heterocycles. The maximum Gasteiger partial charge on any atom is 0.220 e. The fourth-order valence-electron chi connectivity index (χ4n) is 2.81. The van der Waals surface area contributed by atoms with Gasteiger partial charge < -0.3 is 10.1 Å². The molecule has 1 amide bonds. The zero-order valence-corrected chi connectivity index (χ0v) is 18.1. The van der Waals surface area contributed by atoms with Crippen LogP contribution in [0.1, 0.15) is 52.0 Å². The molecule has 0 saturated heterocycles. The summed E-state index contributed by atoms with van der Waals surface area (Å²) in [5.41, 5.74) is 1.22. The molecule has 0 radical (unpaired) electrons. The van der Waals surface area contributed by atoms with E-state index in [-0.39, 0.29) is 17.1 Å². The molecule has 6 heteroatoms. The number of benzene rings is 2. The monoisotopic (exact) mass is 404 g/mol. The van der Waals surface area contributed by atoms with E-state index in [0.29, 0.717) is 26.1 Å². The number of amides is 1. The molecule has 0 fully saturated rings. The predicted molar refractivity (Wildman–Crippen MR) is 117 cm³/mol. The second-order valence-electron chi connectivity index (χ2n) is 7.31. The van der Waals surface area contributed by atoms with E-state index in [9.17, 15) is 9.00 Å². The lowest BCUT2D eigenvalue weighted by atomic mass is 9.98. The zero-order valence-electron chi connectivity index (χ0n) is 17.3. The highest BCUT2D eigenvalue weighted by atomic mass is 32.2. The Hall–Kier alpha value is -1.92. The summed E-state index contributed by atoms with van der Waals surface area (Å²) in [5, 5.41) is 5.22. The second kappa shape index (κ2) is 11.2. The summed E-state index contributed by atoms with van der Waals surface area (Å²) in [6.45, 7) is 9.66. The van der Waals surface area contributed by atoms with Crippen molar-refractivity contribution < 1.29 is 13.7 Å². The third kappa shape index (κ3) is 6.91. The van der Waals surface area contributed by atoms with Crippen LogP contribution in [0.5, 0.6) is 5.75 Å². The molecule has 5 nitrogen and oxygen atoms in total. The maximum atomic E-state index is 11.9. The van der Waals surface area contributed by atoms with Crippen LogP contribution in [0.2, 0.25) is 0 Å². The first kappa shape index (κ1) is 22.4. The summed E-state index contributed by atoms with van der Waals surface area (Å²) < 4.78 is 20.7. The van der Waals surface area contributed by atoms with Gasteiger partial charge in [-0.15, -0.1) is 0 Å². The number of ether oxygens (including phenoxy) is 1. The Labute approximate surface area is 170 Å². The molecule has 2 atom stereocenters. The van der Waals surface area contributed by atoms with Crippen LogP contribution in [0, 0.1) is 0 Å². The number of hydrogen-bond donors (Lipinski definition) is 2. The molecule has 2 N–H and O–H groups in total. The van der Waals surface area contributed by atoms with Crippen molar-refractivity contribution in [2.45, 2.75) is 51.7 Å². The molecule has 0 aromatic heterocycles. The lowest BCUT2D eigenvalue weighted by Gasteiger charge is -2.15. The van der Waals surface area contributed by atoms with Gasteiger partial charge in [-0.1, -0.05) is 38.1 Å². The van der Waals surface area contributed by atoms with Gasteiger partial charge in [0.05, 0.1) is 17.5 Å². The third-order valence-corrected chi connectivity index (χ3v) is 5.84. The molecule has 2 rings (SSSR count). The predicted octanol–water partition coefficient (Wildman–Crippen LogP) is 3.90. The molecule has 2 aromatic rings. The minimum atomic E-state index is -0.998. The van der Waals surface area contributed by atoms with Crippen molar-refractivity contribution in [1.29, 1.82) is 0 Å². The van der Waals surface area contributed by atoms with Gasteiger partial charge in [-0.05, 0) is 54.7 Å². The largest absolute Gasteiger partial charge is 0.492 e. The van der Waals surface area contributed by atoms with Crippen molar-refractivity contribution in [1.82, 2.24) is 10.0 Å². The van der Waals surface area contributed by atoms with Gasteiger partial charge in [-0.2, -0.15) is 0 Å². The van der Waals surface area contributed by atoms with E-state index in [1.165, 1.54) is 5.56 Å². The zero-order chi connectivity index (χ0) is 20.5. The Morgan fingerprint density at radius 1 is 1.11 bits per heavy atom. The number of carbonyl (C=O) groups is 1. The van der Waals surface area contributed by atoms with E-state index in [1.54, 1.807) is 0 Å². The molecule has 154 valence electrons. The highest BCUT2D eigenvalue weighted by Gasteiger charge is 2.10. The fraction of sp³-hybridized carbons (Fsp3) is 0.500. The van der Waals surface area contributed by atoms with E-state index in [0.717, 1.165) is 22.9 Å². The van der Waals surface area contributed by atoms with Gasteiger partial charge in [-0.3, -0.25) is 4.79 Å². The highest BCUT2D eigenvalue weighted by molar-refractivity contribution is 7.83. The molecule has 0 aliphatic rings. The molecule has 0 bridgehead atoms. The van der Waals surface area contributed by atoms with Crippen LogP contribution in [-0.4, -0.2) is 35.1 Å². The average molecular weight is 405 g/mol. The van der Waals surface area contributed by atoms with E-state index in [4.69, 9.17) is 4.74 Å². The SMILES string of the molecule is CCCC(=O)NCCOc1ccc2cc(C(C)CNS(=O)C(C)C)ccc2c1. The third-order valence-electron chi connectivity index (χ3n) is 4.53. The summed E-state index contributed by atoms with van der Waals surface area (Å²) in [6, 6.07) is 12.4. The Morgan fingerprint density at radius 2 is 1.82 bits per heavy atom. The topological polar surface area (TPSA) is 67.4 Å². The molecule has 28 heavy (non-hydrogen) atoms. The summed E-state index contributed by atoms with van der Waals surface area (Å²) in [5.74, 6) is 1.14. The molecule has 0 saturated carbocycles. The number of nitrogens with one attached hydrogen (secondary N) is 2. The van der Waals surface area contributed by atoms with E-state index < -0.39 is 11.0 Å². The van der Waals surface area contributed by atoms with Crippen LogP contribution in [0.15, 0.2) is 36.4 Å². The lowest BCUT2D eigenvalue weighted by molar-refractivity contribution is -0.121. The number of fused-ring (bicyclic) bond motifs is 1. The minimum Gasteiger partial charge on any atom is -0.492 e. The van der Waals surface area contributed by atoms with Crippen molar-refractivity contribution in [3.8, 4) is 5.75 Å². The molecule has 0 spiro atoms. The Balaban J connectivity index is 1.92. The molecule has 0 aliphatic carbocycles. The first-order chi connectivity index (χ1) is 13.4. The van der Waals surface area contributed by atoms with Crippen LogP contribution >= 0.6 is 0 Å². The van der Waals surface area contributed by atoms with E-state index in [1.807, 2.05) is 32.9 Å². The highest BCUT2D eigenvalue weighted by Crippen LogP contribution is 2.25. The first-order valence-corrected chi connectivity index (χ1v) is 11.2. The molecule has 2 aromatic carbocycles. The summed E-state index contributed by atoms with van der Waals surface area (Å²) in [4.78, 5) is 11.4.